The zero-order valence-electron chi connectivity index (χ0n) is 10.3. The Labute approximate surface area is 102 Å². The maximum absolute atomic E-state index is 12.1. The predicted octanol–water partition coefficient (Wildman–Crippen LogP) is 2.85. The van der Waals surface area contributed by atoms with E-state index in [1.807, 2.05) is 25.1 Å². The molecule has 0 N–H and O–H groups in total. The Morgan fingerprint density at radius 1 is 1.18 bits per heavy atom. The Balaban J connectivity index is 2.68. The van der Waals surface area contributed by atoms with Gasteiger partial charge in [0, 0.05) is 11.5 Å². The molecule has 0 aromatic heterocycles. The fourth-order valence-corrected chi connectivity index (χ4v) is 1.68. The summed E-state index contributed by atoms with van der Waals surface area (Å²) in [6.07, 6.45) is 0.810. The van der Waals surface area contributed by atoms with E-state index >= 15 is 0 Å². The smallest absolute Gasteiger partial charge is 0.306 e. The summed E-state index contributed by atoms with van der Waals surface area (Å²) in [6.45, 7) is 4.03. The number of carbonyl (C=O) groups is 2. The van der Waals surface area contributed by atoms with Crippen molar-refractivity contribution < 1.29 is 14.3 Å². The van der Waals surface area contributed by atoms with E-state index in [-0.39, 0.29) is 24.1 Å². The molecule has 0 radical (unpaired) electrons. The largest absolute Gasteiger partial charge is 0.466 e. The quantitative estimate of drug-likeness (QED) is 0.561. The maximum atomic E-state index is 12.1. The molecule has 0 fully saturated rings. The zero-order valence-corrected chi connectivity index (χ0v) is 10.3. The van der Waals surface area contributed by atoms with Gasteiger partial charge in [0.15, 0.2) is 5.78 Å². The molecule has 0 saturated carbocycles. The van der Waals surface area contributed by atoms with E-state index < -0.39 is 0 Å². The van der Waals surface area contributed by atoms with E-state index in [0.717, 1.165) is 0 Å². The average Bonchev–Trinajstić information content (AvgIpc) is 2.36. The van der Waals surface area contributed by atoms with Gasteiger partial charge in [-0.3, -0.25) is 9.59 Å². The van der Waals surface area contributed by atoms with E-state index in [1.165, 1.54) is 0 Å². The number of hydrogen-bond donors (Lipinski definition) is 0. The van der Waals surface area contributed by atoms with Gasteiger partial charge in [-0.1, -0.05) is 37.3 Å². The molecule has 0 amide bonds. The van der Waals surface area contributed by atoms with Crippen LogP contribution in [0.15, 0.2) is 30.3 Å². The first-order valence-corrected chi connectivity index (χ1v) is 5.93. The van der Waals surface area contributed by atoms with Gasteiger partial charge in [0.2, 0.25) is 0 Å². The number of hydrogen-bond acceptors (Lipinski definition) is 3. The first-order valence-electron chi connectivity index (χ1n) is 5.93. The molecule has 0 spiro atoms. The van der Waals surface area contributed by atoms with Crippen LogP contribution in [0, 0.1) is 5.92 Å². The summed E-state index contributed by atoms with van der Waals surface area (Å²) < 4.78 is 4.87. The summed E-state index contributed by atoms with van der Waals surface area (Å²) in [6, 6.07) is 9.06. The molecule has 1 rings (SSSR count). The molecule has 0 aliphatic rings. The summed E-state index contributed by atoms with van der Waals surface area (Å²) in [5.74, 6) is -0.568. The SMILES string of the molecule is CCOC(=O)CC(CC)C(=O)c1ccccc1. The van der Waals surface area contributed by atoms with Gasteiger partial charge in [-0.15, -0.1) is 0 Å². The third-order valence-electron chi connectivity index (χ3n) is 2.64. The molecule has 0 aliphatic carbocycles. The van der Waals surface area contributed by atoms with Crippen LogP contribution in [0.3, 0.4) is 0 Å². The van der Waals surface area contributed by atoms with Gasteiger partial charge in [-0.05, 0) is 13.3 Å². The van der Waals surface area contributed by atoms with Gasteiger partial charge in [0.1, 0.15) is 0 Å². The van der Waals surface area contributed by atoms with Crippen molar-refractivity contribution in [3.05, 3.63) is 35.9 Å². The van der Waals surface area contributed by atoms with Gasteiger partial charge in [0.25, 0.3) is 0 Å². The Morgan fingerprint density at radius 3 is 2.35 bits per heavy atom. The van der Waals surface area contributed by atoms with Crippen LogP contribution < -0.4 is 0 Å². The molecule has 3 nitrogen and oxygen atoms in total. The summed E-state index contributed by atoms with van der Waals surface area (Å²) in [5.41, 5.74) is 0.656. The van der Waals surface area contributed by atoms with Crippen molar-refractivity contribution in [2.75, 3.05) is 6.61 Å². The number of Topliss-reactive ketones (excluding diaryl/α,β-unsaturated/α-hetero) is 1. The van der Waals surface area contributed by atoms with Crippen LogP contribution in [0.25, 0.3) is 0 Å². The third kappa shape index (κ3) is 4.02. The van der Waals surface area contributed by atoms with E-state index in [9.17, 15) is 9.59 Å². The summed E-state index contributed by atoms with van der Waals surface area (Å²) in [4.78, 5) is 23.5. The van der Waals surface area contributed by atoms with Crippen molar-refractivity contribution >= 4 is 11.8 Å². The van der Waals surface area contributed by atoms with Crippen molar-refractivity contribution in [3.63, 3.8) is 0 Å². The Kier molecular flexibility index (Phi) is 5.40. The van der Waals surface area contributed by atoms with Crippen molar-refractivity contribution in [1.82, 2.24) is 0 Å². The van der Waals surface area contributed by atoms with Crippen LogP contribution in [0.2, 0.25) is 0 Å². The molecular weight excluding hydrogens is 216 g/mol. The lowest BCUT2D eigenvalue weighted by molar-refractivity contribution is -0.143. The van der Waals surface area contributed by atoms with Gasteiger partial charge < -0.3 is 4.74 Å². The number of ketones is 1. The van der Waals surface area contributed by atoms with E-state index in [0.29, 0.717) is 18.6 Å². The van der Waals surface area contributed by atoms with Gasteiger partial charge in [-0.25, -0.2) is 0 Å². The first-order chi connectivity index (χ1) is 8.19. The lowest BCUT2D eigenvalue weighted by atomic mass is 9.92. The zero-order chi connectivity index (χ0) is 12.7. The first kappa shape index (κ1) is 13.4. The topological polar surface area (TPSA) is 43.4 Å². The molecule has 1 aromatic carbocycles. The molecule has 1 aromatic rings. The normalized spacial score (nSPS) is 11.9. The molecule has 0 heterocycles. The summed E-state index contributed by atoms with van der Waals surface area (Å²) in [5, 5.41) is 0. The Morgan fingerprint density at radius 2 is 1.82 bits per heavy atom. The second kappa shape index (κ2) is 6.84. The average molecular weight is 234 g/mol. The van der Waals surface area contributed by atoms with E-state index in [1.54, 1.807) is 19.1 Å². The highest BCUT2D eigenvalue weighted by Gasteiger charge is 2.21. The van der Waals surface area contributed by atoms with Crippen LogP contribution in [0.4, 0.5) is 0 Å². The van der Waals surface area contributed by atoms with Crippen LogP contribution in [-0.4, -0.2) is 18.4 Å². The van der Waals surface area contributed by atoms with Crippen LogP contribution in [0.5, 0.6) is 0 Å². The standard InChI is InChI=1S/C14H18O3/c1-3-11(10-13(15)17-4-2)14(16)12-8-6-5-7-9-12/h5-9,11H,3-4,10H2,1-2H3. The molecule has 0 saturated heterocycles. The fourth-order valence-electron chi connectivity index (χ4n) is 1.68. The molecule has 3 heteroatoms. The third-order valence-corrected chi connectivity index (χ3v) is 2.64. The second-order valence-electron chi connectivity index (χ2n) is 3.84. The minimum Gasteiger partial charge on any atom is -0.466 e. The second-order valence-corrected chi connectivity index (χ2v) is 3.84. The highest BCUT2D eigenvalue weighted by atomic mass is 16.5. The number of benzene rings is 1. The molecule has 0 aliphatic heterocycles. The van der Waals surface area contributed by atoms with Gasteiger partial charge >= 0.3 is 5.97 Å². The molecular formula is C14H18O3. The highest BCUT2D eigenvalue weighted by Crippen LogP contribution is 2.16. The summed E-state index contributed by atoms with van der Waals surface area (Å²) in [7, 11) is 0. The Bertz CT molecular complexity index is 370. The summed E-state index contributed by atoms with van der Waals surface area (Å²) >= 11 is 0. The van der Waals surface area contributed by atoms with Crippen LogP contribution >= 0.6 is 0 Å². The predicted molar refractivity (Wildman–Crippen MR) is 65.8 cm³/mol. The van der Waals surface area contributed by atoms with Gasteiger partial charge in [0.05, 0.1) is 13.0 Å². The van der Waals surface area contributed by atoms with E-state index in [4.69, 9.17) is 4.74 Å². The fraction of sp³-hybridized carbons (Fsp3) is 0.429. The van der Waals surface area contributed by atoms with Crippen molar-refractivity contribution in [2.45, 2.75) is 26.7 Å². The maximum Gasteiger partial charge on any atom is 0.306 e. The van der Waals surface area contributed by atoms with Crippen molar-refractivity contribution in [3.8, 4) is 0 Å². The number of esters is 1. The molecule has 0 bridgehead atoms. The highest BCUT2D eigenvalue weighted by molar-refractivity contribution is 5.99. The lowest BCUT2D eigenvalue weighted by Gasteiger charge is -2.12. The van der Waals surface area contributed by atoms with Crippen molar-refractivity contribution in [2.24, 2.45) is 5.92 Å². The molecule has 1 atom stereocenters. The van der Waals surface area contributed by atoms with Crippen molar-refractivity contribution in [1.29, 1.82) is 0 Å². The monoisotopic (exact) mass is 234 g/mol. The van der Waals surface area contributed by atoms with Crippen LogP contribution in [-0.2, 0) is 9.53 Å². The molecule has 17 heavy (non-hydrogen) atoms. The molecule has 1 unspecified atom stereocenters. The number of ether oxygens (including phenoxy) is 1. The Hall–Kier alpha value is -1.64. The number of rotatable bonds is 6. The minimum absolute atomic E-state index is 0.0150. The van der Waals surface area contributed by atoms with Gasteiger partial charge in [-0.2, -0.15) is 0 Å². The molecule has 92 valence electrons. The van der Waals surface area contributed by atoms with E-state index in [2.05, 4.69) is 0 Å². The van der Waals surface area contributed by atoms with Crippen LogP contribution in [0.1, 0.15) is 37.0 Å². The number of carbonyl (C=O) groups excluding carboxylic acids is 2. The lowest BCUT2D eigenvalue weighted by Crippen LogP contribution is -2.19. The minimum atomic E-state index is -0.302.